The molecule has 3 rings (SSSR count). The summed E-state index contributed by atoms with van der Waals surface area (Å²) >= 11 is 0. The number of fused-ring (bicyclic) bond motifs is 1. The Morgan fingerprint density at radius 1 is 1.05 bits per heavy atom. The molecule has 0 saturated heterocycles. The number of rotatable bonds is 3. The van der Waals surface area contributed by atoms with Crippen LogP contribution in [0, 0.1) is 13.8 Å². The van der Waals surface area contributed by atoms with Crippen LogP contribution in [0.1, 0.15) is 17.0 Å². The fourth-order valence-corrected chi connectivity index (χ4v) is 2.01. The molecule has 0 amide bonds. The van der Waals surface area contributed by atoms with E-state index in [1.54, 1.807) is 4.52 Å². The molecule has 19 heavy (non-hydrogen) atoms. The van der Waals surface area contributed by atoms with Gasteiger partial charge in [-0.1, -0.05) is 24.3 Å². The predicted octanol–water partition coefficient (Wildman–Crippen LogP) is 2.93. The van der Waals surface area contributed by atoms with Gasteiger partial charge in [0.2, 0.25) is 0 Å². The maximum absolute atomic E-state index is 5.75. The second-order valence-corrected chi connectivity index (χ2v) is 4.54. The molecule has 2 aromatic heterocycles. The van der Waals surface area contributed by atoms with Crippen LogP contribution in [0.3, 0.4) is 0 Å². The average Bonchev–Trinajstić information content (AvgIpc) is 2.82. The quantitative estimate of drug-likeness (QED) is 0.720. The number of ether oxygens (including phenoxy) is 1. The number of nitrogens with zero attached hydrogens (tertiary/aromatic N) is 3. The first-order chi connectivity index (χ1) is 9.24. The number of para-hydroxylation sites is 1. The molecule has 0 N–H and O–H groups in total. The highest BCUT2D eigenvalue weighted by atomic mass is 16.5. The van der Waals surface area contributed by atoms with E-state index in [-0.39, 0.29) is 0 Å². The Balaban J connectivity index is 1.83. The van der Waals surface area contributed by atoms with E-state index in [0.717, 1.165) is 22.5 Å². The largest absolute Gasteiger partial charge is 0.485 e. The van der Waals surface area contributed by atoms with Crippen LogP contribution >= 0.6 is 0 Å². The molecule has 96 valence electrons. The topological polar surface area (TPSA) is 39.4 Å². The van der Waals surface area contributed by atoms with Crippen LogP contribution in [-0.2, 0) is 6.61 Å². The molecular weight excluding hydrogens is 238 g/mol. The van der Waals surface area contributed by atoms with Crippen molar-refractivity contribution in [3.8, 4) is 5.75 Å². The van der Waals surface area contributed by atoms with Crippen molar-refractivity contribution in [2.24, 2.45) is 0 Å². The third-order valence-electron chi connectivity index (χ3n) is 3.05. The minimum atomic E-state index is 0.381. The van der Waals surface area contributed by atoms with Crippen molar-refractivity contribution >= 4 is 5.65 Å². The summed E-state index contributed by atoms with van der Waals surface area (Å²) in [5.41, 5.74) is 3.10. The van der Waals surface area contributed by atoms with Crippen LogP contribution in [-0.4, -0.2) is 14.6 Å². The van der Waals surface area contributed by atoms with E-state index in [1.165, 1.54) is 0 Å². The standard InChI is InChI=1S/C15H15N3O/c1-11-6-3-4-8-13(11)19-10-14-16-15-12(2)7-5-9-18(15)17-14/h3-9H,10H2,1-2H3. The van der Waals surface area contributed by atoms with Crippen LogP contribution in [0.2, 0.25) is 0 Å². The second-order valence-electron chi connectivity index (χ2n) is 4.54. The molecule has 0 aliphatic heterocycles. The van der Waals surface area contributed by atoms with E-state index >= 15 is 0 Å². The van der Waals surface area contributed by atoms with Gasteiger partial charge in [0.15, 0.2) is 11.5 Å². The SMILES string of the molecule is Cc1ccccc1OCc1nc2c(C)cccn2n1. The van der Waals surface area contributed by atoms with E-state index in [2.05, 4.69) is 10.1 Å². The Morgan fingerprint density at radius 3 is 2.63 bits per heavy atom. The van der Waals surface area contributed by atoms with Crippen molar-refractivity contribution in [1.82, 2.24) is 14.6 Å². The lowest BCUT2D eigenvalue weighted by Crippen LogP contribution is -1.99. The van der Waals surface area contributed by atoms with Gasteiger partial charge in [-0.2, -0.15) is 0 Å². The van der Waals surface area contributed by atoms with E-state index in [0.29, 0.717) is 12.4 Å². The normalized spacial score (nSPS) is 10.8. The van der Waals surface area contributed by atoms with Crippen LogP contribution in [0.15, 0.2) is 42.6 Å². The van der Waals surface area contributed by atoms with Gasteiger partial charge in [-0.05, 0) is 37.1 Å². The molecule has 0 fully saturated rings. The number of hydrogen-bond donors (Lipinski definition) is 0. The minimum absolute atomic E-state index is 0.381. The molecule has 0 spiro atoms. The first kappa shape index (κ1) is 11.7. The molecule has 0 atom stereocenters. The summed E-state index contributed by atoms with van der Waals surface area (Å²) in [7, 11) is 0. The van der Waals surface area contributed by atoms with Gasteiger partial charge in [0, 0.05) is 6.20 Å². The van der Waals surface area contributed by atoms with Gasteiger partial charge < -0.3 is 4.74 Å². The summed E-state index contributed by atoms with van der Waals surface area (Å²) in [6.07, 6.45) is 1.90. The Morgan fingerprint density at radius 2 is 1.84 bits per heavy atom. The zero-order valence-electron chi connectivity index (χ0n) is 11.0. The Kier molecular flexibility index (Phi) is 2.91. The molecule has 4 heteroatoms. The summed E-state index contributed by atoms with van der Waals surface area (Å²) in [5, 5.41) is 4.40. The van der Waals surface area contributed by atoms with Crippen LogP contribution < -0.4 is 4.74 Å². The first-order valence-corrected chi connectivity index (χ1v) is 6.23. The second kappa shape index (κ2) is 4.72. The maximum atomic E-state index is 5.75. The fraction of sp³-hybridized carbons (Fsp3) is 0.200. The summed E-state index contributed by atoms with van der Waals surface area (Å²) in [6, 6.07) is 11.9. The zero-order valence-corrected chi connectivity index (χ0v) is 11.0. The number of pyridine rings is 1. The summed E-state index contributed by atoms with van der Waals surface area (Å²) in [5.74, 6) is 1.57. The average molecular weight is 253 g/mol. The molecule has 3 aromatic rings. The fourth-order valence-electron chi connectivity index (χ4n) is 2.01. The van der Waals surface area contributed by atoms with E-state index < -0.39 is 0 Å². The van der Waals surface area contributed by atoms with Crippen LogP contribution in [0.5, 0.6) is 5.75 Å². The Bertz CT molecular complexity index is 718. The minimum Gasteiger partial charge on any atom is -0.485 e. The monoisotopic (exact) mass is 253 g/mol. The molecule has 4 nitrogen and oxygen atoms in total. The molecule has 2 heterocycles. The van der Waals surface area contributed by atoms with Crippen LogP contribution in [0.25, 0.3) is 5.65 Å². The predicted molar refractivity (Wildman–Crippen MR) is 73.2 cm³/mol. The molecule has 0 saturated carbocycles. The number of benzene rings is 1. The van der Waals surface area contributed by atoms with E-state index in [9.17, 15) is 0 Å². The van der Waals surface area contributed by atoms with Crippen molar-refractivity contribution in [2.75, 3.05) is 0 Å². The molecule has 0 aliphatic rings. The van der Waals surface area contributed by atoms with Gasteiger partial charge >= 0.3 is 0 Å². The number of aryl methyl sites for hydroxylation is 2. The van der Waals surface area contributed by atoms with Crippen molar-refractivity contribution < 1.29 is 4.74 Å². The van der Waals surface area contributed by atoms with Crippen molar-refractivity contribution in [1.29, 1.82) is 0 Å². The van der Waals surface area contributed by atoms with Gasteiger partial charge in [0.25, 0.3) is 0 Å². The lowest BCUT2D eigenvalue weighted by atomic mass is 10.2. The highest BCUT2D eigenvalue weighted by Gasteiger charge is 2.06. The van der Waals surface area contributed by atoms with Gasteiger partial charge in [0.1, 0.15) is 12.4 Å². The third kappa shape index (κ3) is 2.29. The van der Waals surface area contributed by atoms with Crippen molar-refractivity contribution in [3.63, 3.8) is 0 Å². The molecular formula is C15H15N3O. The zero-order chi connectivity index (χ0) is 13.2. The Labute approximate surface area is 111 Å². The van der Waals surface area contributed by atoms with Gasteiger partial charge in [-0.25, -0.2) is 9.50 Å². The van der Waals surface area contributed by atoms with E-state index in [1.807, 2.05) is 56.4 Å². The van der Waals surface area contributed by atoms with Crippen LogP contribution in [0.4, 0.5) is 0 Å². The van der Waals surface area contributed by atoms with Gasteiger partial charge in [0.05, 0.1) is 0 Å². The molecule has 0 bridgehead atoms. The van der Waals surface area contributed by atoms with Gasteiger partial charge in [-0.3, -0.25) is 0 Å². The van der Waals surface area contributed by atoms with Crippen molar-refractivity contribution in [2.45, 2.75) is 20.5 Å². The van der Waals surface area contributed by atoms with Gasteiger partial charge in [-0.15, -0.1) is 5.10 Å². The molecule has 0 radical (unpaired) electrons. The third-order valence-corrected chi connectivity index (χ3v) is 3.05. The number of hydrogen-bond acceptors (Lipinski definition) is 3. The first-order valence-electron chi connectivity index (χ1n) is 6.23. The summed E-state index contributed by atoms with van der Waals surface area (Å²) < 4.78 is 7.54. The molecule has 0 unspecified atom stereocenters. The number of aromatic nitrogens is 3. The smallest absolute Gasteiger partial charge is 0.189 e. The Hall–Kier alpha value is -2.36. The van der Waals surface area contributed by atoms with E-state index in [4.69, 9.17) is 4.74 Å². The molecule has 1 aromatic carbocycles. The van der Waals surface area contributed by atoms with Crippen molar-refractivity contribution in [3.05, 3.63) is 59.5 Å². The highest BCUT2D eigenvalue weighted by molar-refractivity contribution is 5.45. The molecule has 0 aliphatic carbocycles. The summed E-state index contributed by atoms with van der Waals surface area (Å²) in [4.78, 5) is 4.48. The summed E-state index contributed by atoms with van der Waals surface area (Å²) in [6.45, 7) is 4.43. The lowest BCUT2D eigenvalue weighted by molar-refractivity contribution is 0.294. The highest BCUT2D eigenvalue weighted by Crippen LogP contribution is 2.17. The lowest BCUT2D eigenvalue weighted by Gasteiger charge is -2.05. The maximum Gasteiger partial charge on any atom is 0.189 e.